The maximum atomic E-state index is 13.0. The molecule has 6 heteroatoms. The molecule has 1 fully saturated rings. The van der Waals surface area contributed by atoms with Crippen LogP contribution < -0.4 is 9.80 Å². The van der Waals surface area contributed by atoms with Crippen molar-refractivity contribution in [2.75, 3.05) is 42.5 Å². The van der Waals surface area contributed by atoms with Crippen molar-refractivity contribution >= 4 is 17.5 Å². The monoisotopic (exact) mass is 365 g/mol. The summed E-state index contributed by atoms with van der Waals surface area (Å²) in [7, 11) is 0. The molecule has 2 aliphatic heterocycles. The predicted octanol–water partition coefficient (Wildman–Crippen LogP) is 3.21. The molecule has 0 spiro atoms. The molecule has 0 bridgehead atoms. The van der Waals surface area contributed by atoms with Gasteiger partial charge in [-0.25, -0.2) is 14.8 Å². The Morgan fingerprint density at radius 1 is 1.04 bits per heavy atom. The summed E-state index contributed by atoms with van der Waals surface area (Å²) < 4.78 is 0. The summed E-state index contributed by atoms with van der Waals surface area (Å²) in [4.78, 5) is 28.4. The third-order valence-electron chi connectivity index (χ3n) is 5.37. The van der Waals surface area contributed by atoms with Crippen LogP contribution in [0.15, 0.2) is 30.3 Å². The van der Waals surface area contributed by atoms with Gasteiger partial charge in [-0.1, -0.05) is 32.0 Å². The topological polar surface area (TPSA) is 52.6 Å². The molecule has 1 aromatic heterocycles. The number of amides is 2. The second-order valence-electron chi connectivity index (χ2n) is 7.67. The molecule has 2 amide bonds. The number of aromatic nitrogens is 2. The van der Waals surface area contributed by atoms with Crippen LogP contribution in [0.25, 0.3) is 0 Å². The number of benzene rings is 1. The van der Waals surface area contributed by atoms with Gasteiger partial charge in [0.1, 0.15) is 11.6 Å². The molecule has 1 saturated heterocycles. The molecule has 142 valence electrons. The van der Waals surface area contributed by atoms with Gasteiger partial charge in [0.05, 0.1) is 0 Å². The Kier molecular flexibility index (Phi) is 4.72. The van der Waals surface area contributed by atoms with Gasteiger partial charge in [0.2, 0.25) is 0 Å². The van der Waals surface area contributed by atoms with Gasteiger partial charge in [-0.3, -0.25) is 4.90 Å². The van der Waals surface area contributed by atoms with Crippen LogP contribution in [-0.4, -0.2) is 53.6 Å². The Labute approximate surface area is 160 Å². The first kappa shape index (κ1) is 17.8. The first-order valence-corrected chi connectivity index (χ1v) is 9.78. The van der Waals surface area contributed by atoms with Crippen molar-refractivity contribution < 1.29 is 4.79 Å². The van der Waals surface area contributed by atoms with Gasteiger partial charge in [-0.15, -0.1) is 0 Å². The van der Waals surface area contributed by atoms with Crippen molar-refractivity contribution in [1.29, 1.82) is 0 Å². The standard InChI is InChI=1S/C21H27N5O/c1-15(2)20-22-16(3)14-19(23-20)24-10-12-25(13-11-24)21(27)26-9-8-17-6-4-5-7-18(17)26/h4-7,14-15H,8-13H2,1-3H3. The van der Waals surface area contributed by atoms with E-state index in [1.807, 2.05) is 41.0 Å². The average Bonchev–Trinajstić information content (AvgIpc) is 3.11. The molecule has 0 radical (unpaired) electrons. The highest BCUT2D eigenvalue weighted by Gasteiger charge is 2.30. The van der Waals surface area contributed by atoms with E-state index in [0.717, 1.165) is 62.2 Å². The van der Waals surface area contributed by atoms with E-state index in [1.54, 1.807) is 0 Å². The van der Waals surface area contributed by atoms with Crippen LogP contribution in [-0.2, 0) is 6.42 Å². The second-order valence-corrected chi connectivity index (χ2v) is 7.67. The molecule has 0 unspecified atom stereocenters. The minimum atomic E-state index is 0.126. The van der Waals surface area contributed by atoms with Crippen LogP contribution in [0.4, 0.5) is 16.3 Å². The molecule has 6 nitrogen and oxygen atoms in total. The van der Waals surface area contributed by atoms with Crippen molar-refractivity contribution in [3.8, 4) is 0 Å². The molecule has 4 rings (SSSR count). The predicted molar refractivity (Wildman–Crippen MR) is 108 cm³/mol. The number of hydrogen-bond donors (Lipinski definition) is 0. The lowest BCUT2D eigenvalue weighted by molar-refractivity contribution is 0.201. The van der Waals surface area contributed by atoms with E-state index in [0.29, 0.717) is 5.92 Å². The highest BCUT2D eigenvalue weighted by molar-refractivity contribution is 5.94. The van der Waals surface area contributed by atoms with Crippen LogP contribution in [0.2, 0.25) is 0 Å². The number of hydrogen-bond acceptors (Lipinski definition) is 4. The minimum absolute atomic E-state index is 0.126. The lowest BCUT2D eigenvalue weighted by Gasteiger charge is -2.37. The largest absolute Gasteiger partial charge is 0.353 e. The molecule has 0 N–H and O–H groups in total. The summed E-state index contributed by atoms with van der Waals surface area (Å²) in [6.07, 6.45) is 0.945. The third-order valence-corrected chi connectivity index (χ3v) is 5.37. The number of piperazine rings is 1. The summed E-state index contributed by atoms with van der Waals surface area (Å²) in [6, 6.07) is 10.4. The molecule has 27 heavy (non-hydrogen) atoms. The maximum Gasteiger partial charge on any atom is 0.324 e. The number of carbonyl (C=O) groups excluding carboxylic acids is 1. The van der Waals surface area contributed by atoms with Gasteiger partial charge in [-0.2, -0.15) is 0 Å². The lowest BCUT2D eigenvalue weighted by atomic mass is 10.2. The Hall–Kier alpha value is -2.63. The molecule has 0 saturated carbocycles. The number of aryl methyl sites for hydroxylation is 1. The van der Waals surface area contributed by atoms with E-state index in [4.69, 9.17) is 4.98 Å². The summed E-state index contributed by atoms with van der Waals surface area (Å²) in [5.74, 6) is 2.17. The van der Waals surface area contributed by atoms with Crippen molar-refractivity contribution in [1.82, 2.24) is 14.9 Å². The molecule has 2 aliphatic rings. The smallest absolute Gasteiger partial charge is 0.324 e. The van der Waals surface area contributed by atoms with Crippen LogP contribution in [0.5, 0.6) is 0 Å². The Morgan fingerprint density at radius 3 is 2.52 bits per heavy atom. The zero-order valence-corrected chi connectivity index (χ0v) is 16.4. The highest BCUT2D eigenvalue weighted by Crippen LogP contribution is 2.29. The van der Waals surface area contributed by atoms with E-state index >= 15 is 0 Å². The van der Waals surface area contributed by atoms with E-state index in [-0.39, 0.29) is 6.03 Å². The van der Waals surface area contributed by atoms with Gasteiger partial charge < -0.3 is 9.80 Å². The first-order chi connectivity index (χ1) is 13.0. The molecular formula is C21H27N5O. The van der Waals surface area contributed by atoms with Crippen LogP contribution in [0.3, 0.4) is 0 Å². The summed E-state index contributed by atoms with van der Waals surface area (Å²) in [6.45, 7) is 10.1. The first-order valence-electron chi connectivity index (χ1n) is 9.78. The van der Waals surface area contributed by atoms with Crippen molar-refractivity contribution in [2.24, 2.45) is 0 Å². The fourth-order valence-corrected chi connectivity index (χ4v) is 3.83. The number of anilines is 2. The Morgan fingerprint density at radius 2 is 1.78 bits per heavy atom. The van der Waals surface area contributed by atoms with Gasteiger partial charge in [0.15, 0.2) is 0 Å². The zero-order valence-electron chi connectivity index (χ0n) is 16.4. The fourth-order valence-electron chi connectivity index (χ4n) is 3.83. The van der Waals surface area contributed by atoms with E-state index < -0.39 is 0 Å². The van der Waals surface area contributed by atoms with Gasteiger partial charge in [-0.05, 0) is 25.0 Å². The van der Waals surface area contributed by atoms with Crippen LogP contribution in [0.1, 0.15) is 36.8 Å². The molecule has 3 heterocycles. The van der Waals surface area contributed by atoms with Crippen molar-refractivity contribution in [2.45, 2.75) is 33.1 Å². The Bertz CT molecular complexity index is 842. The summed E-state index contributed by atoms with van der Waals surface area (Å²) in [5.41, 5.74) is 3.33. The van der Waals surface area contributed by atoms with Crippen LogP contribution in [0, 0.1) is 6.92 Å². The molecule has 1 aromatic carbocycles. The molecular weight excluding hydrogens is 338 g/mol. The highest BCUT2D eigenvalue weighted by atomic mass is 16.2. The van der Waals surface area contributed by atoms with Crippen LogP contribution >= 0.6 is 0 Å². The van der Waals surface area contributed by atoms with Gasteiger partial charge in [0, 0.05) is 56.1 Å². The molecule has 0 atom stereocenters. The number of urea groups is 1. The van der Waals surface area contributed by atoms with Crippen molar-refractivity contribution in [3.63, 3.8) is 0 Å². The molecule has 2 aromatic rings. The zero-order chi connectivity index (χ0) is 19.0. The fraction of sp³-hybridized carbons (Fsp3) is 0.476. The average molecular weight is 365 g/mol. The number of carbonyl (C=O) groups is 1. The summed E-state index contributed by atoms with van der Waals surface area (Å²) >= 11 is 0. The maximum absolute atomic E-state index is 13.0. The number of nitrogens with zero attached hydrogens (tertiary/aromatic N) is 5. The molecule has 0 aliphatic carbocycles. The normalized spacial score (nSPS) is 16.8. The summed E-state index contributed by atoms with van der Waals surface area (Å²) in [5, 5.41) is 0. The lowest BCUT2D eigenvalue weighted by Crippen LogP contribution is -2.53. The minimum Gasteiger partial charge on any atom is -0.353 e. The second kappa shape index (κ2) is 7.18. The third kappa shape index (κ3) is 3.48. The number of rotatable bonds is 2. The van der Waals surface area contributed by atoms with E-state index in [2.05, 4.69) is 29.8 Å². The van der Waals surface area contributed by atoms with E-state index in [1.165, 1.54) is 5.56 Å². The SMILES string of the molecule is Cc1cc(N2CCN(C(=O)N3CCc4ccccc43)CC2)nc(C(C)C)n1. The van der Waals surface area contributed by atoms with Gasteiger partial charge >= 0.3 is 6.03 Å². The number of para-hydroxylation sites is 1. The Balaban J connectivity index is 1.43. The van der Waals surface area contributed by atoms with Crippen molar-refractivity contribution in [3.05, 3.63) is 47.4 Å². The number of fused-ring (bicyclic) bond motifs is 1. The van der Waals surface area contributed by atoms with E-state index in [9.17, 15) is 4.79 Å². The quantitative estimate of drug-likeness (QED) is 0.820. The van der Waals surface area contributed by atoms with Gasteiger partial charge in [0.25, 0.3) is 0 Å².